The first-order valence-corrected chi connectivity index (χ1v) is 5.35. The highest BCUT2D eigenvalue weighted by molar-refractivity contribution is 5.42. The lowest BCUT2D eigenvalue weighted by molar-refractivity contribution is -0.692. The van der Waals surface area contributed by atoms with Gasteiger partial charge in [0, 0.05) is 0 Å². The van der Waals surface area contributed by atoms with Gasteiger partial charge in [-0.15, -0.1) is 0 Å². The zero-order valence-corrected chi connectivity index (χ0v) is 11.5. The van der Waals surface area contributed by atoms with Crippen molar-refractivity contribution in [2.24, 2.45) is 0 Å². The number of hydrogen-bond acceptors (Lipinski definition) is 0. The van der Waals surface area contributed by atoms with E-state index in [1.807, 2.05) is 0 Å². The highest BCUT2D eigenvalue weighted by Gasteiger charge is 2.07. The lowest BCUT2D eigenvalue weighted by Gasteiger charge is -2.01. The van der Waals surface area contributed by atoms with Crippen LogP contribution in [0.4, 0.5) is 0 Å². The molecule has 0 atom stereocenters. The van der Waals surface area contributed by atoms with Crippen LogP contribution in [0.15, 0.2) is 36.9 Å². The van der Waals surface area contributed by atoms with E-state index in [1.54, 1.807) is 0 Å². The first kappa shape index (κ1) is 13.0. The Balaban J connectivity index is 0.00000128. The van der Waals surface area contributed by atoms with Gasteiger partial charge in [0.25, 0.3) is 0 Å². The van der Waals surface area contributed by atoms with Gasteiger partial charge in [-0.3, -0.25) is 0 Å². The Morgan fingerprint density at radius 3 is 2.56 bits per heavy atom. The predicted molar refractivity (Wildman–Crippen MR) is 61.1 cm³/mol. The lowest BCUT2D eigenvalue weighted by atomic mass is 10.1. The van der Waals surface area contributed by atoms with Crippen LogP contribution in [0.5, 0.6) is 0 Å². The van der Waals surface area contributed by atoms with E-state index in [-0.39, 0.29) is 17.0 Å². The summed E-state index contributed by atoms with van der Waals surface area (Å²) in [5, 5.41) is 0. The Morgan fingerprint density at radius 2 is 2.00 bits per heavy atom. The van der Waals surface area contributed by atoms with E-state index in [2.05, 4.69) is 66.8 Å². The highest BCUT2D eigenvalue weighted by atomic mass is 79.9. The van der Waals surface area contributed by atoms with Crippen LogP contribution < -0.4 is 21.5 Å². The molecular weight excluding hydrogens is 264 g/mol. The second-order valence-corrected chi connectivity index (χ2v) is 3.94. The van der Waals surface area contributed by atoms with Gasteiger partial charge < -0.3 is 17.0 Å². The standard InChI is InChI=1S/C13H17N2.BrH/c1-4-14-7-8-15(10-14)13-6-5-11(2)9-12(13)3;/h5-10H,4H2,1-3H3;1H/q+1;/p-1. The van der Waals surface area contributed by atoms with Crippen LogP contribution in [0.3, 0.4) is 0 Å². The molecule has 3 heteroatoms. The van der Waals surface area contributed by atoms with Crippen molar-refractivity contribution in [1.29, 1.82) is 0 Å². The molecule has 1 heterocycles. The molecule has 16 heavy (non-hydrogen) atoms. The molecule has 1 aromatic carbocycles. The molecule has 0 aliphatic heterocycles. The van der Waals surface area contributed by atoms with Gasteiger partial charge in [0.1, 0.15) is 18.1 Å². The lowest BCUT2D eigenvalue weighted by Crippen LogP contribution is -3.00. The maximum Gasteiger partial charge on any atom is 0.248 e. The summed E-state index contributed by atoms with van der Waals surface area (Å²) in [5.74, 6) is 0. The molecule has 0 fully saturated rings. The van der Waals surface area contributed by atoms with Crippen molar-refractivity contribution in [3.05, 3.63) is 48.0 Å². The minimum Gasteiger partial charge on any atom is -1.00 e. The first-order chi connectivity index (χ1) is 7.20. The molecule has 2 aromatic rings. The minimum absolute atomic E-state index is 0. The van der Waals surface area contributed by atoms with Gasteiger partial charge >= 0.3 is 0 Å². The summed E-state index contributed by atoms with van der Waals surface area (Å²) in [6.07, 6.45) is 6.32. The number of aromatic nitrogens is 2. The number of benzene rings is 1. The number of hydrogen-bond donors (Lipinski definition) is 0. The normalized spacial score (nSPS) is 9.94. The molecule has 0 radical (unpaired) electrons. The van der Waals surface area contributed by atoms with Crippen molar-refractivity contribution in [2.75, 3.05) is 0 Å². The van der Waals surface area contributed by atoms with Crippen molar-refractivity contribution < 1.29 is 21.5 Å². The van der Waals surface area contributed by atoms with E-state index in [9.17, 15) is 0 Å². The largest absolute Gasteiger partial charge is 1.00 e. The zero-order valence-electron chi connectivity index (χ0n) is 9.94. The maximum absolute atomic E-state index is 2.21. The van der Waals surface area contributed by atoms with Crippen molar-refractivity contribution in [2.45, 2.75) is 27.3 Å². The fourth-order valence-corrected chi connectivity index (χ4v) is 1.82. The summed E-state index contributed by atoms with van der Waals surface area (Å²) in [7, 11) is 0. The van der Waals surface area contributed by atoms with Crippen LogP contribution in [0, 0.1) is 13.8 Å². The van der Waals surface area contributed by atoms with Gasteiger partial charge in [0.05, 0.1) is 6.54 Å². The number of nitrogens with zero attached hydrogens (tertiary/aromatic N) is 2. The Morgan fingerprint density at radius 1 is 1.25 bits per heavy atom. The van der Waals surface area contributed by atoms with Crippen LogP contribution in [-0.2, 0) is 6.54 Å². The van der Waals surface area contributed by atoms with E-state index in [4.69, 9.17) is 0 Å². The van der Waals surface area contributed by atoms with Crippen LogP contribution in [0.2, 0.25) is 0 Å². The molecule has 2 nitrogen and oxygen atoms in total. The molecule has 2 rings (SSSR count). The molecule has 0 spiro atoms. The number of imidazole rings is 1. The second-order valence-electron chi connectivity index (χ2n) is 3.94. The summed E-state index contributed by atoms with van der Waals surface area (Å²) < 4.78 is 4.33. The average Bonchev–Trinajstić information content (AvgIpc) is 2.66. The summed E-state index contributed by atoms with van der Waals surface area (Å²) in [6.45, 7) is 7.43. The molecule has 0 amide bonds. The quantitative estimate of drug-likeness (QED) is 0.651. The molecule has 0 saturated heterocycles. The van der Waals surface area contributed by atoms with E-state index < -0.39 is 0 Å². The summed E-state index contributed by atoms with van der Waals surface area (Å²) in [5.41, 5.74) is 3.88. The summed E-state index contributed by atoms with van der Waals surface area (Å²) >= 11 is 0. The molecule has 0 N–H and O–H groups in total. The van der Waals surface area contributed by atoms with Crippen molar-refractivity contribution in [3.8, 4) is 5.69 Å². The smallest absolute Gasteiger partial charge is 0.248 e. The minimum atomic E-state index is 0. The van der Waals surface area contributed by atoms with Gasteiger partial charge in [-0.2, -0.15) is 0 Å². The zero-order chi connectivity index (χ0) is 10.8. The van der Waals surface area contributed by atoms with Crippen molar-refractivity contribution in [3.63, 3.8) is 0 Å². The molecule has 86 valence electrons. The van der Waals surface area contributed by atoms with E-state index in [0.717, 1.165) is 6.54 Å². The van der Waals surface area contributed by atoms with E-state index in [0.29, 0.717) is 0 Å². The number of rotatable bonds is 2. The maximum atomic E-state index is 2.21. The summed E-state index contributed by atoms with van der Waals surface area (Å²) in [4.78, 5) is 0. The summed E-state index contributed by atoms with van der Waals surface area (Å²) in [6, 6.07) is 6.54. The third-order valence-electron chi connectivity index (χ3n) is 2.69. The monoisotopic (exact) mass is 280 g/mol. The van der Waals surface area contributed by atoms with Crippen molar-refractivity contribution >= 4 is 0 Å². The van der Waals surface area contributed by atoms with Gasteiger partial charge in [0.2, 0.25) is 6.33 Å². The highest BCUT2D eigenvalue weighted by Crippen LogP contribution is 2.14. The fourth-order valence-electron chi connectivity index (χ4n) is 1.82. The van der Waals surface area contributed by atoms with E-state index >= 15 is 0 Å². The molecule has 0 saturated carbocycles. The number of halogens is 1. The molecule has 0 aliphatic rings. The van der Waals surface area contributed by atoms with Gasteiger partial charge in [-0.05, 0) is 32.4 Å². The second kappa shape index (κ2) is 5.30. The SMILES string of the molecule is CC[n+]1ccn(-c2ccc(C)cc2C)c1.[Br-]. The molecule has 0 aliphatic carbocycles. The van der Waals surface area contributed by atoms with Gasteiger partial charge in [0.15, 0.2) is 0 Å². The molecule has 1 aromatic heterocycles. The Hall–Kier alpha value is -1.09. The fraction of sp³-hybridized carbons (Fsp3) is 0.308. The topological polar surface area (TPSA) is 8.81 Å². The Kier molecular flexibility index (Phi) is 4.30. The van der Waals surface area contributed by atoms with Gasteiger partial charge in [-0.1, -0.05) is 17.7 Å². The third-order valence-corrected chi connectivity index (χ3v) is 2.69. The molecule has 0 bridgehead atoms. The van der Waals surface area contributed by atoms with Crippen molar-refractivity contribution in [1.82, 2.24) is 4.57 Å². The third kappa shape index (κ3) is 2.53. The predicted octanol–water partition coefficient (Wildman–Crippen LogP) is -0.594. The van der Waals surface area contributed by atoms with Crippen LogP contribution in [0.1, 0.15) is 18.1 Å². The van der Waals surface area contributed by atoms with Crippen LogP contribution in [-0.4, -0.2) is 4.57 Å². The molecule has 0 unspecified atom stereocenters. The van der Waals surface area contributed by atoms with E-state index in [1.165, 1.54) is 16.8 Å². The van der Waals surface area contributed by atoms with Crippen LogP contribution in [0.25, 0.3) is 5.69 Å². The van der Waals surface area contributed by atoms with Gasteiger partial charge in [-0.25, -0.2) is 9.13 Å². The average molecular weight is 281 g/mol. The number of aryl methyl sites for hydroxylation is 3. The first-order valence-electron chi connectivity index (χ1n) is 5.35. The Labute approximate surface area is 107 Å². The Bertz CT molecular complexity index is 475. The van der Waals surface area contributed by atoms with Crippen LogP contribution >= 0.6 is 0 Å². The molecular formula is C13H17BrN2.